The highest BCUT2D eigenvalue weighted by molar-refractivity contribution is 5.87. The van der Waals surface area contributed by atoms with E-state index in [1.54, 1.807) is 36.4 Å². The number of aromatic carboxylic acids is 1. The smallest absolute Gasteiger partial charge is 0.335 e. The Labute approximate surface area is 143 Å². The first-order valence-electron chi connectivity index (χ1n) is 7.91. The van der Waals surface area contributed by atoms with Crippen molar-refractivity contribution in [3.63, 3.8) is 0 Å². The largest absolute Gasteiger partial charge is 0.506 e. The molecule has 3 aromatic rings. The van der Waals surface area contributed by atoms with Gasteiger partial charge in [0.2, 0.25) is 5.56 Å². The maximum absolute atomic E-state index is 11.4. The van der Waals surface area contributed by atoms with E-state index in [2.05, 4.69) is 10.3 Å². The fourth-order valence-electron chi connectivity index (χ4n) is 2.74. The van der Waals surface area contributed by atoms with Crippen LogP contribution < -0.4 is 10.9 Å². The summed E-state index contributed by atoms with van der Waals surface area (Å²) in [6, 6.07) is 13.3. The number of fused-ring (bicyclic) bond motifs is 1. The van der Waals surface area contributed by atoms with Gasteiger partial charge in [-0.2, -0.15) is 0 Å². The molecule has 1 aromatic heterocycles. The Bertz CT molecular complexity index is 961. The number of carbonyl (C=O) groups is 1. The van der Waals surface area contributed by atoms with Gasteiger partial charge in [0.1, 0.15) is 5.75 Å². The fourth-order valence-corrected chi connectivity index (χ4v) is 2.74. The van der Waals surface area contributed by atoms with Crippen molar-refractivity contribution < 1.29 is 15.0 Å². The van der Waals surface area contributed by atoms with Crippen molar-refractivity contribution in [2.45, 2.75) is 13.0 Å². The van der Waals surface area contributed by atoms with E-state index in [1.165, 1.54) is 6.07 Å². The van der Waals surface area contributed by atoms with E-state index in [-0.39, 0.29) is 16.9 Å². The molecule has 0 amide bonds. The van der Waals surface area contributed by atoms with Crippen molar-refractivity contribution in [3.8, 4) is 5.75 Å². The van der Waals surface area contributed by atoms with Crippen LogP contribution in [0.25, 0.3) is 10.9 Å². The molecule has 1 heterocycles. The topological polar surface area (TPSA) is 102 Å². The Morgan fingerprint density at radius 2 is 1.80 bits per heavy atom. The first-order chi connectivity index (χ1) is 12.0. The summed E-state index contributed by atoms with van der Waals surface area (Å²) in [6.07, 6.45) is 0.732. The minimum atomic E-state index is -0.934. The van der Waals surface area contributed by atoms with Crippen molar-refractivity contribution in [1.82, 2.24) is 10.3 Å². The quantitative estimate of drug-likeness (QED) is 0.516. The highest BCUT2D eigenvalue weighted by atomic mass is 16.4. The van der Waals surface area contributed by atoms with Crippen LogP contribution in [-0.2, 0) is 13.0 Å². The molecule has 0 unspecified atom stereocenters. The standard InChI is InChI=1S/C19H18N2O4/c22-16-7-5-13(15-6-8-17(23)21-18(15)16)9-10-20-11-12-1-3-14(4-2-12)19(24)25/h1-8,20,22H,9-11H2,(H,21,23)(H,24,25). The monoisotopic (exact) mass is 338 g/mol. The third-order valence-corrected chi connectivity index (χ3v) is 4.06. The number of phenols is 1. The average molecular weight is 338 g/mol. The van der Waals surface area contributed by atoms with E-state index >= 15 is 0 Å². The number of carboxylic acids is 1. The predicted molar refractivity (Wildman–Crippen MR) is 95.0 cm³/mol. The third kappa shape index (κ3) is 3.87. The number of pyridine rings is 1. The van der Waals surface area contributed by atoms with Crippen LogP contribution in [0.1, 0.15) is 21.5 Å². The van der Waals surface area contributed by atoms with Gasteiger partial charge in [0.15, 0.2) is 0 Å². The van der Waals surface area contributed by atoms with E-state index in [9.17, 15) is 14.7 Å². The van der Waals surface area contributed by atoms with Gasteiger partial charge >= 0.3 is 5.97 Å². The molecule has 6 nitrogen and oxygen atoms in total. The number of aromatic nitrogens is 1. The van der Waals surface area contributed by atoms with Crippen LogP contribution in [-0.4, -0.2) is 27.7 Å². The number of hydrogen-bond donors (Lipinski definition) is 4. The molecule has 0 aliphatic heterocycles. The molecule has 0 spiro atoms. The minimum Gasteiger partial charge on any atom is -0.506 e. The fraction of sp³-hybridized carbons (Fsp3) is 0.158. The van der Waals surface area contributed by atoms with Gasteiger partial charge in [-0.1, -0.05) is 18.2 Å². The highest BCUT2D eigenvalue weighted by Crippen LogP contribution is 2.24. The van der Waals surface area contributed by atoms with E-state index < -0.39 is 5.97 Å². The number of phenolic OH excluding ortho intramolecular Hbond substituents is 1. The molecule has 0 saturated carbocycles. The Balaban J connectivity index is 1.62. The number of rotatable bonds is 6. The Hall–Kier alpha value is -3.12. The lowest BCUT2D eigenvalue weighted by molar-refractivity contribution is 0.0697. The summed E-state index contributed by atoms with van der Waals surface area (Å²) < 4.78 is 0. The van der Waals surface area contributed by atoms with Crippen LogP contribution in [0.2, 0.25) is 0 Å². The molecule has 3 rings (SSSR count). The number of hydrogen-bond acceptors (Lipinski definition) is 4. The van der Waals surface area contributed by atoms with Gasteiger partial charge in [0, 0.05) is 18.0 Å². The zero-order valence-electron chi connectivity index (χ0n) is 13.5. The van der Waals surface area contributed by atoms with E-state index in [4.69, 9.17) is 5.11 Å². The summed E-state index contributed by atoms with van der Waals surface area (Å²) in [4.78, 5) is 24.9. The lowest BCUT2D eigenvalue weighted by Crippen LogP contribution is -2.17. The Kier molecular flexibility index (Phi) is 4.81. The van der Waals surface area contributed by atoms with Gasteiger partial charge in [-0.3, -0.25) is 4.79 Å². The van der Waals surface area contributed by atoms with Gasteiger partial charge in [-0.15, -0.1) is 0 Å². The number of aromatic amines is 1. The van der Waals surface area contributed by atoms with Crippen LogP contribution in [0.3, 0.4) is 0 Å². The summed E-state index contributed by atoms with van der Waals surface area (Å²) in [6.45, 7) is 1.34. The predicted octanol–water partition coefficient (Wildman–Crippen LogP) is 2.26. The maximum atomic E-state index is 11.4. The summed E-state index contributed by atoms with van der Waals surface area (Å²) >= 11 is 0. The summed E-state index contributed by atoms with van der Waals surface area (Å²) in [5.74, 6) is -0.875. The molecule has 4 N–H and O–H groups in total. The minimum absolute atomic E-state index is 0.0583. The van der Waals surface area contributed by atoms with Crippen molar-refractivity contribution in [1.29, 1.82) is 0 Å². The third-order valence-electron chi connectivity index (χ3n) is 4.06. The maximum Gasteiger partial charge on any atom is 0.335 e. The van der Waals surface area contributed by atoms with Crippen molar-refractivity contribution in [3.05, 3.63) is 75.6 Å². The molecule has 25 heavy (non-hydrogen) atoms. The van der Waals surface area contributed by atoms with Gasteiger partial charge in [-0.25, -0.2) is 4.79 Å². The summed E-state index contributed by atoms with van der Waals surface area (Å²) in [5, 5.41) is 22.9. The average Bonchev–Trinajstić information content (AvgIpc) is 2.61. The first-order valence-corrected chi connectivity index (χ1v) is 7.91. The number of nitrogens with one attached hydrogen (secondary N) is 2. The second-order valence-electron chi connectivity index (χ2n) is 5.78. The van der Waals surface area contributed by atoms with Gasteiger partial charge in [-0.05, 0) is 48.4 Å². The van der Waals surface area contributed by atoms with Crippen molar-refractivity contribution in [2.75, 3.05) is 6.54 Å². The van der Waals surface area contributed by atoms with Crippen molar-refractivity contribution in [2.24, 2.45) is 0 Å². The number of benzene rings is 2. The molecule has 0 bridgehead atoms. The highest BCUT2D eigenvalue weighted by Gasteiger charge is 2.06. The number of carboxylic acid groups (broad SMARTS) is 1. The SMILES string of the molecule is O=C(O)c1ccc(CNCCc2ccc(O)c3[nH]c(=O)ccc23)cc1. The van der Waals surface area contributed by atoms with Crippen LogP contribution in [0.5, 0.6) is 5.75 Å². The Morgan fingerprint density at radius 1 is 1.04 bits per heavy atom. The zero-order chi connectivity index (χ0) is 17.8. The van der Waals surface area contributed by atoms with Gasteiger partial charge in [0.25, 0.3) is 0 Å². The summed E-state index contributed by atoms with van der Waals surface area (Å²) in [7, 11) is 0. The molecular weight excluding hydrogens is 320 g/mol. The lowest BCUT2D eigenvalue weighted by atomic mass is 10.0. The molecule has 0 saturated heterocycles. The first kappa shape index (κ1) is 16.7. The van der Waals surface area contributed by atoms with E-state index in [0.29, 0.717) is 18.6 Å². The number of H-pyrrole nitrogens is 1. The second kappa shape index (κ2) is 7.19. The normalized spacial score (nSPS) is 10.9. The Morgan fingerprint density at radius 3 is 2.52 bits per heavy atom. The molecule has 0 atom stereocenters. The van der Waals surface area contributed by atoms with Crippen LogP contribution in [0.4, 0.5) is 0 Å². The molecule has 128 valence electrons. The van der Waals surface area contributed by atoms with Crippen LogP contribution in [0.15, 0.2) is 53.3 Å². The molecule has 0 aliphatic rings. The summed E-state index contributed by atoms with van der Waals surface area (Å²) in [5.41, 5.74) is 2.51. The number of aromatic hydroxyl groups is 1. The molecular formula is C19H18N2O4. The zero-order valence-corrected chi connectivity index (χ0v) is 13.5. The van der Waals surface area contributed by atoms with E-state index in [0.717, 1.165) is 22.9 Å². The van der Waals surface area contributed by atoms with Gasteiger partial charge < -0.3 is 20.5 Å². The molecule has 6 heteroatoms. The van der Waals surface area contributed by atoms with Crippen molar-refractivity contribution >= 4 is 16.9 Å². The molecule has 2 aromatic carbocycles. The second-order valence-corrected chi connectivity index (χ2v) is 5.78. The van der Waals surface area contributed by atoms with Gasteiger partial charge in [0.05, 0.1) is 11.1 Å². The molecule has 0 aliphatic carbocycles. The van der Waals surface area contributed by atoms with Crippen LogP contribution in [0, 0.1) is 0 Å². The molecule has 0 radical (unpaired) electrons. The molecule has 0 fully saturated rings. The van der Waals surface area contributed by atoms with Crippen LogP contribution >= 0.6 is 0 Å². The lowest BCUT2D eigenvalue weighted by Gasteiger charge is -2.09. The van der Waals surface area contributed by atoms with E-state index in [1.807, 2.05) is 6.07 Å².